The van der Waals surface area contributed by atoms with Crippen molar-refractivity contribution in [2.24, 2.45) is 11.7 Å². The van der Waals surface area contributed by atoms with Gasteiger partial charge in [0.05, 0.1) is 23.7 Å². The van der Waals surface area contributed by atoms with E-state index in [1.807, 2.05) is 0 Å². The Bertz CT molecular complexity index is 715. The smallest absolute Gasteiger partial charge is 0.419 e. The lowest BCUT2D eigenvalue weighted by molar-refractivity contribution is -0.139. The van der Waals surface area contributed by atoms with Gasteiger partial charge in [-0.15, -0.1) is 0 Å². The molecule has 4 nitrogen and oxygen atoms in total. The van der Waals surface area contributed by atoms with Crippen molar-refractivity contribution < 1.29 is 26.3 Å². The number of halogens is 3. The average Bonchev–Trinajstić information content (AvgIpc) is 3.40. The molecule has 1 aromatic rings. The van der Waals surface area contributed by atoms with Crippen LogP contribution in [0, 0.1) is 5.92 Å². The second kappa shape index (κ2) is 9.28. The van der Waals surface area contributed by atoms with Crippen LogP contribution in [0.25, 0.3) is 0 Å². The highest BCUT2D eigenvalue weighted by molar-refractivity contribution is 7.91. The standard InChI is InChI=1S/C19H28F3NO3S/c1-14(13-27(24,25)10-4-2-3-9-23)16-7-8-17(19(20,21)22)18(11-16)26-12-15-5-6-15/h7-8,11,14-15H,2-6,9-10,12-13,23H2,1H3/t14-/m1/s1. The van der Waals surface area contributed by atoms with Crippen LogP contribution < -0.4 is 10.5 Å². The van der Waals surface area contributed by atoms with E-state index in [2.05, 4.69) is 0 Å². The van der Waals surface area contributed by atoms with Crippen LogP contribution in [0.4, 0.5) is 13.2 Å². The Morgan fingerprint density at radius 3 is 2.52 bits per heavy atom. The molecule has 1 aromatic carbocycles. The Kier molecular flexibility index (Phi) is 7.56. The third-order valence-corrected chi connectivity index (χ3v) is 6.63. The van der Waals surface area contributed by atoms with Crippen molar-refractivity contribution in [3.8, 4) is 5.75 Å². The van der Waals surface area contributed by atoms with E-state index in [9.17, 15) is 21.6 Å². The van der Waals surface area contributed by atoms with E-state index in [-0.39, 0.29) is 23.9 Å². The van der Waals surface area contributed by atoms with E-state index in [0.29, 0.717) is 24.4 Å². The number of hydrogen-bond donors (Lipinski definition) is 1. The van der Waals surface area contributed by atoms with E-state index >= 15 is 0 Å². The summed E-state index contributed by atoms with van der Waals surface area (Å²) in [6.07, 6.45) is -0.473. The minimum absolute atomic E-state index is 0.0724. The zero-order chi connectivity index (χ0) is 20.1. The number of sulfone groups is 1. The second-order valence-electron chi connectivity index (χ2n) is 7.37. The molecular weight excluding hydrogens is 379 g/mol. The summed E-state index contributed by atoms with van der Waals surface area (Å²) < 4.78 is 69.6. The van der Waals surface area contributed by atoms with Gasteiger partial charge >= 0.3 is 6.18 Å². The Morgan fingerprint density at radius 1 is 1.22 bits per heavy atom. The van der Waals surface area contributed by atoms with Gasteiger partial charge in [0.2, 0.25) is 0 Å². The molecule has 1 aliphatic carbocycles. The van der Waals surface area contributed by atoms with Gasteiger partial charge in [-0.25, -0.2) is 8.42 Å². The first-order chi connectivity index (χ1) is 12.6. The molecule has 0 amide bonds. The van der Waals surface area contributed by atoms with Crippen LogP contribution in [0.5, 0.6) is 5.75 Å². The quantitative estimate of drug-likeness (QED) is 0.560. The summed E-state index contributed by atoms with van der Waals surface area (Å²) in [4.78, 5) is 0. The molecule has 1 saturated carbocycles. The Labute approximate surface area is 159 Å². The molecular formula is C19H28F3NO3S. The minimum atomic E-state index is -4.50. The number of nitrogens with two attached hydrogens (primary N) is 1. The number of rotatable bonds is 11. The van der Waals surface area contributed by atoms with Crippen molar-refractivity contribution in [2.45, 2.75) is 51.1 Å². The Hall–Kier alpha value is -1.28. The molecule has 0 unspecified atom stereocenters. The third kappa shape index (κ3) is 7.33. The molecule has 0 aliphatic heterocycles. The highest BCUT2D eigenvalue weighted by Crippen LogP contribution is 2.39. The van der Waals surface area contributed by atoms with E-state index in [4.69, 9.17) is 10.5 Å². The minimum Gasteiger partial charge on any atom is -0.493 e. The van der Waals surface area contributed by atoms with Crippen LogP contribution in [0.15, 0.2) is 18.2 Å². The molecule has 154 valence electrons. The normalized spacial score (nSPS) is 16.3. The second-order valence-corrected chi connectivity index (χ2v) is 9.60. The maximum atomic E-state index is 13.2. The molecule has 2 rings (SSSR count). The number of ether oxygens (including phenoxy) is 1. The van der Waals surface area contributed by atoms with Crippen molar-refractivity contribution >= 4 is 9.84 Å². The first-order valence-electron chi connectivity index (χ1n) is 9.37. The van der Waals surface area contributed by atoms with Gasteiger partial charge in [0.1, 0.15) is 5.75 Å². The molecule has 2 N–H and O–H groups in total. The summed E-state index contributed by atoms with van der Waals surface area (Å²) in [5.74, 6) is -0.318. The van der Waals surface area contributed by atoms with Crippen molar-refractivity contribution in [3.63, 3.8) is 0 Å². The molecule has 8 heteroatoms. The summed E-state index contributed by atoms with van der Waals surface area (Å²) >= 11 is 0. The van der Waals surface area contributed by atoms with Crippen LogP contribution in [0.3, 0.4) is 0 Å². The summed E-state index contributed by atoms with van der Waals surface area (Å²) in [5, 5.41) is 0. The first kappa shape index (κ1) is 22.0. The zero-order valence-electron chi connectivity index (χ0n) is 15.6. The molecule has 27 heavy (non-hydrogen) atoms. The van der Waals surface area contributed by atoms with E-state index in [1.165, 1.54) is 12.1 Å². The maximum absolute atomic E-state index is 13.2. The van der Waals surface area contributed by atoms with Crippen LogP contribution in [-0.2, 0) is 16.0 Å². The van der Waals surface area contributed by atoms with Gasteiger partial charge in [-0.05, 0) is 61.8 Å². The van der Waals surface area contributed by atoms with Crippen molar-refractivity contribution in [3.05, 3.63) is 29.3 Å². The fourth-order valence-corrected chi connectivity index (χ4v) is 4.66. The average molecular weight is 407 g/mol. The molecule has 0 aromatic heterocycles. The molecule has 0 radical (unpaired) electrons. The van der Waals surface area contributed by atoms with Crippen LogP contribution >= 0.6 is 0 Å². The molecule has 0 bridgehead atoms. The highest BCUT2D eigenvalue weighted by Gasteiger charge is 2.35. The first-order valence-corrected chi connectivity index (χ1v) is 11.2. The fraction of sp³-hybridized carbons (Fsp3) is 0.684. The molecule has 0 spiro atoms. The summed E-state index contributed by atoms with van der Waals surface area (Å²) in [7, 11) is -3.28. The predicted molar refractivity (Wildman–Crippen MR) is 99.6 cm³/mol. The van der Waals surface area contributed by atoms with E-state index < -0.39 is 27.5 Å². The van der Waals surface area contributed by atoms with Gasteiger partial charge in [0, 0.05) is 0 Å². The van der Waals surface area contributed by atoms with Gasteiger partial charge in [0.15, 0.2) is 9.84 Å². The lowest BCUT2D eigenvalue weighted by Crippen LogP contribution is -2.17. The Balaban J connectivity index is 2.08. The lowest BCUT2D eigenvalue weighted by Gasteiger charge is -2.18. The number of unbranched alkanes of at least 4 members (excludes halogenated alkanes) is 2. The van der Waals surface area contributed by atoms with Crippen LogP contribution in [0.2, 0.25) is 0 Å². The van der Waals surface area contributed by atoms with E-state index in [1.54, 1.807) is 6.92 Å². The maximum Gasteiger partial charge on any atom is 0.419 e. The molecule has 1 aliphatic rings. The largest absolute Gasteiger partial charge is 0.493 e. The molecule has 1 atom stereocenters. The molecule has 1 fully saturated rings. The zero-order valence-corrected chi connectivity index (χ0v) is 16.4. The van der Waals surface area contributed by atoms with Gasteiger partial charge in [0.25, 0.3) is 0 Å². The number of alkyl halides is 3. The molecule has 0 saturated heterocycles. The fourth-order valence-electron chi connectivity index (χ4n) is 2.89. The summed E-state index contributed by atoms with van der Waals surface area (Å²) in [5.41, 5.74) is 5.12. The number of hydrogen-bond acceptors (Lipinski definition) is 4. The van der Waals surface area contributed by atoms with E-state index in [0.717, 1.165) is 31.7 Å². The summed E-state index contributed by atoms with van der Waals surface area (Å²) in [6.45, 7) is 2.51. The summed E-state index contributed by atoms with van der Waals surface area (Å²) in [6, 6.07) is 3.68. The SMILES string of the molecule is C[C@H](CS(=O)(=O)CCCCCN)c1ccc(C(F)(F)F)c(OCC2CC2)c1. The van der Waals surface area contributed by atoms with Gasteiger partial charge < -0.3 is 10.5 Å². The van der Waals surface area contributed by atoms with Gasteiger partial charge in [-0.1, -0.05) is 19.4 Å². The van der Waals surface area contributed by atoms with Gasteiger partial charge in [-0.3, -0.25) is 0 Å². The highest BCUT2D eigenvalue weighted by atomic mass is 32.2. The van der Waals surface area contributed by atoms with Crippen molar-refractivity contribution in [1.29, 1.82) is 0 Å². The topological polar surface area (TPSA) is 69.4 Å². The predicted octanol–water partition coefficient (Wildman–Crippen LogP) is 4.14. The van der Waals surface area contributed by atoms with Crippen molar-refractivity contribution in [2.75, 3.05) is 24.7 Å². The molecule has 0 heterocycles. The van der Waals surface area contributed by atoms with Gasteiger partial charge in [-0.2, -0.15) is 13.2 Å². The van der Waals surface area contributed by atoms with Crippen LogP contribution in [-0.4, -0.2) is 33.1 Å². The van der Waals surface area contributed by atoms with Crippen LogP contribution in [0.1, 0.15) is 56.1 Å². The van der Waals surface area contributed by atoms with Crippen molar-refractivity contribution in [1.82, 2.24) is 0 Å². The lowest BCUT2D eigenvalue weighted by atomic mass is 10.0. The third-order valence-electron chi connectivity index (χ3n) is 4.71. The Morgan fingerprint density at radius 2 is 1.93 bits per heavy atom. The number of benzene rings is 1. The monoisotopic (exact) mass is 407 g/mol.